The summed E-state index contributed by atoms with van der Waals surface area (Å²) in [7, 11) is 0. The van der Waals surface area contributed by atoms with Crippen LogP contribution in [0.1, 0.15) is 34.1 Å². The molecule has 32 heavy (non-hydrogen) atoms. The second-order valence-electron chi connectivity index (χ2n) is 7.49. The molecule has 0 unspecified atom stereocenters. The van der Waals surface area contributed by atoms with Crippen LogP contribution >= 0.6 is 0 Å². The van der Waals surface area contributed by atoms with Gasteiger partial charge >= 0.3 is 5.69 Å². The van der Waals surface area contributed by atoms with E-state index in [-0.39, 0.29) is 12.0 Å². The molecule has 1 aromatic heterocycles. The van der Waals surface area contributed by atoms with Crippen LogP contribution in [0.5, 0.6) is 0 Å². The molecule has 0 aliphatic rings. The molecular weight excluding hydrogens is 414 g/mol. The minimum atomic E-state index is -1.00. The topological polar surface area (TPSA) is 71.9 Å². The summed E-state index contributed by atoms with van der Waals surface area (Å²) in [6.45, 7) is 1.30. The number of benzene rings is 3. The van der Waals surface area contributed by atoms with E-state index in [2.05, 4.69) is 4.98 Å². The highest BCUT2D eigenvalue weighted by Crippen LogP contribution is 2.22. The Morgan fingerprint density at radius 3 is 2.50 bits per heavy atom. The van der Waals surface area contributed by atoms with Crippen molar-refractivity contribution in [1.29, 1.82) is 0 Å². The van der Waals surface area contributed by atoms with Gasteiger partial charge in [0, 0.05) is 23.7 Å². The van der Waals surface area contributed by atoms with E-state index in [1.54, 1.807) is 6.92 Å². The average molecular weight is 434 g/mol. The largest absolute Gasteiger partial charge is 0.328 e. The van der Waals surface area contributed by atoms with Crippen molar-refractivity contribution in [1.82, 2.24) is 9.55 Å². The van der Waals surface area contributed by atoms with E-state index in [1.807, 2.05) is 42.5 Å². The van der Waals surface area contributed by atoms with Crippen LogP contribution in [0.3, 0.4) is 0 Å². The van der Waals surface area contributed by atoms with Crippen molar-refractivity contribution in [3.63, 3.8) is 0 Å². The molecule has 5 nitrogen and oxygen atoms in total. The van der Waals surface area contributed by atoms with E-state index in [4.69, 9.17) is 0 Å². The normalized spacial score (nSPS) is 11.1. The lowest BCUT2D eigenvalue weighted by molar-refractivity contribution is 0.0965. The number of ketones is 1. The number of hydrogen-bond acceptors (Lipinski definition) is 3. The monoisotopic (exact) mass is 434 g/mol. The highest BCUT2D eigenvalue weighted by molar-refractivity contribution is 5.96. The molecule has 0 radical (unpaired) electrons. The zero-order valence-electron chi connectivity index (χ0n) is 17.3. The number of halogens is 2. The minimum absolute atomic E-state index is 0.239. The van der Waals surface area contributed by atoms with Crippen LogP contribution in [0.4, 0.5) is 8.78 Å². The van der Waals surface area contributed by atoms with Gasteiger partial charge in [-0.3, -0.25) is 19.1 Å². The first-order valence-corrected chi connectivity index (χ1v) is 10.2. The summed E-state index contributed by atoms with van der Waals surface area (Å²) in [6, 6.07) is 16.1. The van der Waals surface area contributed by atoms with E-state index < -0.39 is 35.2 Å². The number of carbonyl (C=O) groups is 1. The van der Waals surface area contributed by atoms with Crippen LogP contribution in [0.15, 0.2) is 70.3 Å². The van der Waals surface area contributed by atoms with Gasteiger partial charge in [-0.2, -0.15) is 0 Å². The third-order valence-electron chi connectivity index (χ3n) is 5.54. The van der Waals surface area contributed by atoms with Gasteiger partial charge in [0.05, 0.1) is 12.1 Å². The molecule has 0 bridgehead atoms. The number of nitrogens with zero attached hydrogens (tertiary/aromatic N) is 1. The molecule has 0 amide bonds. The first-order valence-electron chi connectivity index (χ1n) is 10.2. The number of fused-ring (bicyclic) bond motifs is 1. The quantitative estimate of drug-likeness (QED) is 0.466. The molecule has 4 rings (SSSR count). The van der Waals surface area contributed by atoms with E-state index in [0.29, 0.717) is 23.7 Å². The maximum Gasteiger partial charge on any atom is 0.328 e. The highest BCUT2D eigenvalue weighted by atomic mass is 19.1. The number of hydrogen-bond donors (Lipinski definition) is 1. The molecular formula is C25H20F2N2O3. The first kappa shape index (κ1) is 21.4. The zero-order chi connectivity index (χ0) is 22.8. The number of carbonyl (C=O) groups excluding carboxylic acids is 1. The Kier molecular flexibility index (Phi) is 5.81. The summed E-state index contributed by atoms with van der Waals surface area (Å²) in [5, 5.41) is 1.97. The molecule has 3 aromatic carbocycles. The second kappa shape index (κ2) is 8.70. The summed E-state index contributed by atoms with van der Waals surface area (Å²) in [4.78, 5) is 40.2. The summed E-state index contributed by atoms with van der Waals surface area (Å²) in [5.41, 5.74) is 0.0803. The Labute approximate surface area is 182 Å². The van der Waals surface area contributed by atoms with Crippen molar-refractivity contribution in [2.45, 2.75) is 26.3 Å². The van der Waals surface area contributed by atoms with Crippen LogP contribution in [0.2, 0.25) is 0 Å². The van der Waals surface area contributed by atoms with Gasteiger partial charge in [0.15, 0.2) is 5.78 Å². The van der Waals surface area contributed by atoms with Crippen LogP contribution in [0, 0.1) is 11.6 Å². The van der Waals surface area contributed by atoms with Crippen molar-refractivity contribution in [3.05, 3.63) is 116 Å². The van der Waals surface area contributed by atoms with Crippen LogP contribution in [-0.4, -0.2) is 15.3 Å². The van der Waals surface area contributed by atoms with Gasteiger partial charge in [0.25, 0.3) is 5.56 Å². The smallest absolute Gasteiger partial charge is 0.292 e. The Hall–Kier alpha value is -3.87. The van der Waals surface area contributed by atoms with Crippen molar-refractivity contribution < 1.29 is 13.6 Å². The van der Waals surface area contributed by atoms with Crippen molar-refractivity contribution in [2.24, 2.45) is 0 Å². The molecule has 1 heterocycles. The van der Waals surface area contributed by atoms with Gasteiger partial charge in [-0.25, -0.2) is 13.6 Å². The number of nitrogens with one attached hydrogen (secondary N) is 1. The molecule has 0 aliphatic carbocycles. The molecule has 1 N–H and O–H groups in total. The molecule has 0 saturated carbocycles. The van der Waals surface area contributed by atoms with Gasteiger partial charge in [-0.1, -0.05) is 49.4 Å². The number of H-pyrrole nitrogens is 1. The first-order chi connectivity index (χ1) is 15.4. The van der Waals surface area contributed by atoms with Gasteiger partial charge in [0.1, 0.15) is 11.6 Å². The van der Waals surface area contributed by atoms with Crippen molar-refractivity contribution in [3.8, 4) is 0 Å². The molecule has 162 valence electrons. The van der Waals surface area contributed by atoms with Crippen LogP contribution in [-0.2, 0) is 19.4 Å². The predicted octanol–water partition coefficient (Wildman–Crippen LogP) is 4.00. The summed E-state index contributed by atoms with van der Waals surface area (Å²) >= 11 is 0. The fourth-order valence-electron chi connectivity index (χ4n) is 3.96. The highest BCUT2D eigenvalue weighted by Gasteiger charge is 2.20. The van der Waals surface area contributed by atoms with Gasteiger partial charge in [0.2, 0.25) is 0 Å². The lowest BCUT2D eigenvalue weighted by Gasteiger charge is -2.16. The molecule has 0 aliphatic heterocycles. The van der Waals surface area contributed by atoms with Gasteiger partial charge in [-0.05, 0) is 34.9 Å². The molecule has 0 atom stereocenters. The number of rotatable bonds is 6. The maximum absolute atomic E-state index is 14.1. The third-order valence-corrected chi connectivity index (χ3v) is 5.54. The lowest BCUT2D eigenvalue weighted by atomic mass is 9.98. The summed E-state index contributed by atoms with van der Waals surface area (Å²) in [6.07, 6.45) is 0.581. The van der Waals surface area contributed by atoms with Crippen LogP contribution < -0.4 is 11.2 Å². The summed E-state index contributed by atoms with van der Waals surface area (Å²) in [5.74, 6) is -2.50. The SMILES string of the molecule is CCc1c(Cc2cccc3ccccc23)n(CC(=O)c2ccc(F)cc2F)c(=O)[nH]c1=O. The second-order valence-corrected chi connectivity index (χ2v) is 7.49. The molecule has 0 fully saturated rings. The Morgan fingerprint density at radius 1 is 1.00 bits per heavy atom. The number of aromatic amines is 1. The number of aromatic nitrogens is 2. The predicted molar refractivity (Wildman–Crippen MR) is 118 cm³/mol. The van der Waals surface area contributed by atoms with Crippen LogP contribution in [0.25, 0.3) is 10.8 Å². The maximum atomic E-state index is 14.1. The fourth-order valence-corrected chi connectivity index (χ4v) is 3.96. The van der Waals surface area contributed by atoms with Gasteiger partial charge in [-0.15, -0.1) is 0 Å². The summed E-state index contributed by atoms with van der Waals surface area (Å²) < 4.78 is 28.5. The van der Waals surface area contributed by atoms with Crippen molar-refractivity contribution >= 4 is 16.6 Å². The molecule has 7 heteroatoms. The molecule has 0 saturated heterocycles. The standard InChI is InChI=1S/C25H20F2N2O3/c1-2-18-22(12-16-8-5-7-15-6-3-4-9-19(15)16)29(25(32)28-24(18)31)14-23(30)20-11-10-17(26)13-21(20)27/h3-11,13H,2,12,14H2,1H3,(H,28,31,32). The lowest BCUT2D eigenvalue weighted by Crippen LogP contribution is -2.37. The van der Waals surface area contributed by atoms with Gasteiger partial charge < -0.3 is 0 Å². The third kappa shape index (κ3) is 4.01. The fraction of sp³-hybridized carbons (Fsp3) is 0.160. The molecule has 4 aromatic rings. The van der Waals surface area contributed by atoms with E-state index in [9.17, 15) is 23.2 Å². The van der Waals surface area contributed by atoms with E-state index in [1.165, 1.54) is 4.57 Å². The Bertz CT molecular complexity index is 1450. The minimum Gasteiger partial charge on any atom is -0.292 e. The van der Waals surface area contributed by atoms with E-state index >= 15 is 0 Å². The molecule has 0 spiro atoms. The Morgan fingerprint density at radius 2 is 1.75 bits per heavy atom. The zero-order valence-corrected chi connectivity index (χ0v) is 17.3. The van der Waals surface area contributed by atoms with Crippen molar-refractivity contribution in [2.75, 3.05) is 0 Å². The number of Topliss-reactive ketones (excluding diaryl/α,β-unsaturated/α-hetero) is 1. The average Bonchev–Trinajstić information content (AvgIpc) is 2.76. The Balaban J connectivity index is 1.83. The van der Waals surface area contributed by atoms with E-state index in [0.717, 1.165) is 28.5 Å².